The Labute approximate surface area is 114 Å². The SMILES string of the molecule is CNC(Cc1cc(C)ccc1OC)c1ccncc1. The molecule has 0 aliphatic carbocycles. The van der Waals surface area contributed by atoms with Crippen LogP contribution < -0.4 is 10.1 Å². The van der Waals surface area contributed by atoms with Crippen molar-refractivity contribution in [2.24, 2.45) is 0 Å². The maximum atomic E-state index is 5.44. The number of benzene rings is 1. The van der Waals surface area contributed by atoms with E-state index in [9.17, 15) is 0 Å². The maximum Gasteiger partial charge on any atom is 0.122 e. The number of aromatic nitrogens is 1. The van der Waals surface area contributed by atoms with Crippen molar-refractivity contribution in [2.45, 2.75) is 19.4 Å². The molecule has 0 aliphatic heterocycles. The summed E-state index contributed by atoms with van der Waals surface area (Å²) >= 11 is 0. The molecule has 1 atom stereocenters. The normalized spacial score (nSPS) is 12.2. The van der Waals surface area contributed by atoms with Gasteiger partial charge in [-0.2, -0.15) is 0 Å². The Bertz CT molecular complexity index is 526. The summed E-state index contributed by atoms with van der Waals surface area (Å²) in [5.74, 6) is 0.944. The molecule has 1 heterocycles. The zero-order valence-corrected chi connectivity index (χ0v) is 11.7. The number of aryl methyl sites for hydroxylation is 1. The summed E-state index contributed by atoms with van der Waals surface area (Å²) in [6.45, 7) is 2.10. The third-order valence-electron chi connectivity index (χ3n) is 3.32. The van der Waals surface area contributed by atoms with Crippen molar-refractivity contribution in [3.8, 4) is 5.75 Å². The lowest BCUT2D eigenvalue weighted by atomic mass is 9.98. The molecule has 0 amide bonds. The molecule has 0 spiro atoms. The van der Waals surface area contributed by atoms with Crippen LogP contribution in [0.2, 0.25) is 0 Å². The summed E-state index contributed by atoms with van der Waals surface area (Å²) in [6.07, 6.45) is 4.55. The molecule has 3 nitrogen and oxygen atoms in total. The zero-order chi connectivity index (χ0) is 13.7. The largest absolute Gasteiger partial charge is 0.496 e. The number of likely N-dealkylation sites (N-methyl/N-ethyl adjacent to an activating group) is 1. The molecule has 0 radical (unpaired) electrons. The van der Waals surface area contributed by atoms with Crippen molar-refractivity contribution in [3.63, 3.8) is 0 Å². The number of hydrogen-bond donors (Lipinski definition) is 1. The number of methoxy groups -OCH3 is 1. The molecule has 2 rings (SSSR count). The van der Waals surface area contributed by atoms with Crippen LogP contribution in [0.1, 0.15) is 22.7 Å². The molecule has 1 aromatic carbocycles. The Hall–Kier alpha value is -1.87. The van der Waals surface area contributed by atoms with Gasteiger partial charge in [-0.05, 0) is 49.7 Å². The van der Waals surface area contributed by atoms with E-state index in [0.717, 1.165) is 12.2 Å². The van der Waals surface area contributed by atoms with Crippen LogP contribution in [0.15, 0.2) is 42.7 Å². The summed E-state index contributed by atoms with van der Waals surface area (Å²) < 4.78 is 5.44. The first-order valence-electron chi connectivity index (χ1n) is 6.45. The van der Waals surface area contributed by atoms with Crippen molar-refractivity contribution < 1.29 is 4.74 Å². The van der Waals surface area contributed by atoms with E-state index in [0.29, 0.717) is 0 Å². The van der Waals surface area contributed by atoms with E-state index in [1.807, 2.05) is 37.6 Å². The second-order valence-electron chi connectivity index (χ2n) is 4.64. The highest BCUT2D eigenvalue weighted by molar-refractivity contribution is 5.38. The van der Waals surface area contributed by atoms with E-state index in [1.165, 1.54) is 16.7 Å². The van der Waals surface area contributed by atoms with Crippen LogP contribution >= 0.6 is 0 Å². The van der Waals surface area contributed by atoms with Gasteiger partial charge in [0.15, 0.2) is 0 Å². The molecule has 3 heteroatoms. The van der Waals surface area contributed by atoms with E-state index in [4.69, 9.17) is 4.74 Å². The minimum atomic E-state index is 0.263. The van der Waals surface area contributed by atoms with Gasteiger partial charge in [-0.15, -0.1) is 0 Å². The fraction of sp³-hybridized carbons (Fsp3) is 0.312. The molecule has 0 fully saturated rings. The van der Waals surface area contributed by atoms with Crippen LogP contribution in [0.25, 0.3) is 0 Å². The van der Waals surface area contributed by atoms with Gasteiger partial charge in [0.2, 0.25) is 0 Å². The average molecular weight is 256 g/mol. The average Bonchev–Trinajstić information content (AvgIpc) is 2.46. The molecule has 0 aliphatic rings. The van der Waals surface area contributed by atoms with Gasteiger partial charge in [-0.3, -0.25) is 4.98 Å². The van der Waals surface area contributed by atoms with Crippen molar-refractivity contribution in [1.29, 1.82) is 0 Å². The van der Waals surface area contributed by atoms with Crippen molar-refractivity contribution >= 4 is 0 Å². The molecule has 19 heavy (non-hydrogen) atoms. The summed E-state index contributed by atoms with van der Waals surface area (Å²) in [4.78, 5) is 4.06. The number of hydrogen-bond acceptors (Lipinski definition) is 3. The molecule has 1 aromatic heterocycles. The summed E-state index contributed by atoms with van der Waals surface area (Å²) in [5.41, 5.74) is 3.71. The van der Waals surface area contributed by atoms with E-state index in [1.54, 1.807) is 7.11 Å². The first kappa shape index (κ1) is 13.6. The van der Waals surface area contributed by atoms with Crippen LogP contribution in [0, 0.1) is 6.92 Å². The van der Waals surface area contributed by atoms with Crippen LogP contribution in [-0.4, -0.2) is 19.1 Å². The molecular weight excluding hydrogens is 236 g/mol. The second-order valence-corrected chi connectivity index (χ2v) is 4.64. The molecule has 1 unspecified atom stereocenters. The van der Waals surface area contributed by atoms with Crippen molar-refractivity contribution in [2.75, 3.05) is 14.2 Å². The van der Waals surface area contributed by atoms with E-state index in [-0.39, 0.29) is 6.04 Å². The zero-order valence-electron chi connectivity index (χ0n) is 11.7. The quantitative estimate of drug-likeness (QED) is 0.893. The lowest BCUT2D eigenvalue weighted by Gasteiger charge is -2.18. The fourth-order valence-electron chi connectivity index (χ4n) is 2.27. The Morgan fingerprint density at radius 3 is 2.58 bits per heavy atom. The first-order chi connectivity index (χ1) is 9.24. The van der Waals surface area contributed by atoms with Crippen LogP contribution in [0.3, 0.4) is 0 Å². The number of nitrogens with zero attached hydrogens (tertiary/aromatic N) is 1. The third-order valence-corrected chi connectivity index (χ3v) is 3.32. The smallest absolute Gasteiger partial charge is 0.122 e. The van der Waals surface area contributed by atoms with Gasteiger partial charge in [0.1, 0.15) is 5.75 Å². The Morgan fingerprint density at radius 2 is 1.95 bits per heavy atom. The minimum Gasteiger partial charge on any atom is -0.496 e. The third kappa shape index (κ3) is 3.32. The second kappa shape index (κ2) is 6.34. The van der Waals surface area contributed by atoms with Crippen LogP contribution in [0.4, 0.5) is 0 Å². The summed E-state index contributed by atoms with van der Waals surface area (Å²) in [6, 6.07) is 10.6. The lowest BCUT2D eigenvalue weighted by molar-refractivity contribution is 0.406. The van der Waals surface area contributed by atoms with E-state index in [2.05, 4.69) is 29.4 Å². The molecule has 100 valence electrons. The highest BCUT2D eigenvalue weighted by atomic mass is 16.5. The minimum absolute atomic E-state index is 0.263. The highest BCUT2D eigenvalue weighted by Gasteiger charge is 2.13. The van der Waals surface area contributed by atoms with Gasteiger partial charge in [0.25, 0.3) is 0 Å². The predicted molar refractivity (Wildman–Crippen MR) is 77.5 cm³/mol. The predicted octanol–water partition coefficient (Wildman–Crippen LogP) is 2.90. The molecular formula is C16H20N2O. The van der Waals surface area contributed by atoms with Gasteiger partial charge in [0.05, 0.1) is 7.11 Å². The Kier molecular flexibility index (Phi) is 4.53. The highest BCUT2D eigenvalue weighted by Crippen LogP contribution is 2.25. The lowest BCUT2D eigenvalue weighted by Crippen LogP contribution is -2.19. The van der Waals surface area contributed by atoms with Crippen molar-refractivity contribution in [1.82, 2.24) is 10.3 Å². The summed E-state index contributed by atoms with van der Waals surface area (Å²) in [5, 5.41) is 3.35. The van der Waals surface area contributed by atoms with Gasteiger partial charge >= 0.3 is 0 Å². The number of pyridine rings is 1. The van der Waals surface area contributed by atoms with Crippen LogP contribution in [0.5, 0.6) is 5.75 Å². The van der Waals surface area contributed by atoms with Gasteiger partial charge in [-0.1, -0.05) is 17.7 Å². The van der Waals surface area contributed by atoms with Gasteiger partial charge in [-0.25, -0.2) is 0 Å². The van der Waals surface area contributed by atoms with Crippen molar-refractivity contribution in [3.05, 3.63) is 59.4 Å². The Morgan fingerprint density at radius 1 is 1.21 bits per heavy atom. The fourth-order valence-corrected chi connectivity index (χ4v) is 2.27. The Balaban J connectivity index is 2.26. The first-order valence-corrected chi connectivity index (χ1v) is 6.45. The number of rotatable bonds is 5. The van der Waals surface area contributed by atoms with E-state index < -0.39 is 0 Å². The molecule has 0 saturated carbocycles. The summed E-state index contributed by atoms with van der Waals surface area (Å²) in [7, 11) is 3.70. The number of ether oxygens (including phenoxy) is 1. The number of nitrogens with one attached hydrogen (secondary N) is 1. The van der Waals surface area contributed by atoms with Gasteiger partial charge in [0, 0.05) is 18.4 Å². The maximum absolute atomic E-state index is 5.44. The standard InChI is InChI=1S/C16H20N2O/c1-12-4-5-16(19-3)14(10-12)11-15(17-2)13-6-8-18-9-7-13/h4-10,15,17H,11H2,1-3H3. The van der Waals surface area contributed by atoms with Gasteiger partial charge < -0.3 is 10.1 Å². The van der Waals surface area contributed by atoms with Crippen LogP contribution in [-0.2, 0) is 6.42 Å². The molecule has 2 aromatic rings. The van der Waals surface area contributed by atoms with E-state index >= 15 is 0 Å². The molecule has 1 N–H and O–H groups in total. The topological polar surface area (TPSA) is 34.1 Å². The monoisotopic (exact) mass is 256 g/mol. The molecule has 0 saturated heterocycles. The molecule has 0 bridgehead atoms.